The number of amides is 1. The number of aliphatic hydroxyl groups excluding tert-OH is 1. The Labute approximate surface area is 124 Å². The van der Waals surface area contributed by atoms with Crippen molar-refractivity contribution < 1.29 is 9.90 Å². The first-order valence-corrected chi connectivity index (χ1v) is 6.87. The third kappa shape index (κ3) is 3.88. The molecule has 0 saturated carbocycles. The molecule has 2 rings (SSSR count). The Balaban J connectivity index is 2.06. The summed E-state index contributed by atoms with van der Waals surface area (Å²) in [6, 6.07) is 7.22. The molecule has 2 aromatic rings. The summed E-state index contributed by atoms with van der Waals surface area (Å²) in [6.45, 7) is 2.24. The first-order chi connectivity index (χ1) is 9.97. The van der Waals surface area contributed by atoms with E-state index in [-0.39, 0.29) is 5.91 Å². The van der Waals surface area contributed by atoms with Crippen LogP contribution in [-0.2, 0) is 7.05 Å². The minimum atomic E-state index is -0.405. The van der Waals surface area contributed by atoms with E-state index >= 15 is 0 Å². The minimum absolute atomic E-state index is 0.0591. The van der Waals surface area contributed by atoms with Gasteiger partial charge >= 0.3 is 0 Å². The molecule has 0 fully saturated rings. The number of carbonyl (C=O) groups excluding carboxylic acids is 1. The van der Waals surface area contributed by atoms with E-state index in [4.69, 9.17) is 0 Å². The highest BCUT2D eigenvalue weighted by atomic mass is 16.3. The number of hydrogen-bond donors (Lipinski definition) is 1. The van der Waals surface area contributed by atoms with Gasteiger partial charge in [0.25, 0.3) is 5.91 Å². The first-order valence-electron chi connectivity index (χ1n) is 6.87. The van der Waals surface area contributed by atoms with Gasteiger partial charge in [0.05, 0.1) is 6.10 Å². The Morgan fingerprint density at radius 1 is 1.38 bits per heavy atom. The van der Waals surface area contributed by atoms with Crippen molar-refractivity contribution in [2.24, 2.45) is 7.05 Å². The zero-order valence-electron chi connectivity index (χ0n) is 12.5. The summed E-state index contributed by atoms with van der Waals surface area (Å²) in [6.07, 6.45) is 1.80. The first kappa shape index (κ1) is 15.2. The standard InChI is InChI=1S/C15H20N4O2/c1-11(20)8-9-18(2)15(21)13-6-4-12(5-7-13)14-16-10-19(3)17-14/h4-7,10-11,20H,8-9H2,1-3H3. The topological polar surface area (TPSA) is 71.2 Å². The zero-order valence-corrected chi connectivity index (χ0v) is 12.5. The van der Waals surface area contributed by atoms with Crippen LogP contribution < -0.4 is 0 Å². The van der Waals surface area contributed by atoms with Gasteiger partial charge in [0.15, 0.2) is 5.82 Å². The molecule has 0 aliphatic heterocycles. The predicted octanol–water partition coefficient (Wildman–Crippen LogP) is 1.32. The van der Waals surface area contributed by atoms with Crippen LogP contribution in [0, 0.1) is 0 Å². The molecular weight excluding hydrogens is 268 g/mol. The Bertz CT molecular complexity index is 604. The number of carbonyl (C=O) groups is 1. The van der Waals surface area contributed by atoms with Crippen LogP contribution in [0.5, 0.6) is 0 Å². The quantitative estimate of drug-likeness (QED) is 0.901. The van der Waals surface area contributed by atoms with Crippen LogP contribution in [0.15, 0.2) is 30.6 Å². The molecule has 1 aromatic carbocycles. The van der Waals surface area contributed by atoms with Gasteiger partial charge in [-0.2, -0.15) is 5.10 Å². The van der Waals surface area contributed by atoms with Crippen molar-refractivity contribution in [1.82, 2.24) is 19.7 Å². The van der Waals surface area contributed by atoms with Gasteiger partial charge in [-0.25, -0.2) is 4.98 Å². The van der Waals surface area contributed by atoms with Crippen LogP contribution in [-0.4, -0.2) is 50.4 Å². The highest BCUT2D eigenvalue weighted by molar-refractivity contribution is 5.94. The molecule has 1 amide bonds. The largest absolute Gasteiger partial charge is 0.393 e. The van der Waals surface area contributed by atoms with Crippen LogP contribution in [0.1, 0.15) is 23.7 Å². The van der Waals surface area contributed by atoms with Crippen molar-refractivity contribution in [2.45, 2.75) is 19.4 Å². The zero-order chi connectivity index (χ0) is 15.4. The van der Waals surface area contributed by atoms with Crippen LogP contribution in [0.3, 0.4) is 0 Å². The van der Waals surface area contributed by atoms with E-state index in [0.29, 0.717) is 24.4 Å². The minimum Gasteiger partial charge on any atom is -0.393 e. The van der Waals surface area contributed by atoms with Crippen molar-refractivity contribution >= 4 is 5.91 Å². The molecule has 0 radical (unpaired) electrons. The molecule has 112 valence electrons. The Morgan fingerprint density at radius 3 is 2.57 bits per heavy atom. The Kier molecular flexibility index (Phi) is 4.70. The normalized spacial score (nSPS) is 12.2. The van der Waals surface area contributed by atoms with Crippen LogP contribution in [0.2, 0.25) is 0 Å². The molecule has 6 nitrogen and oxygen atoms in total. The number of aromatic nitrogens is 3. The fourth-order valence-corrected chi connectivity index (χ4v) is 1.94. The lowest BCUT2D eigenvalue weighted by Gasteiger charge is -2.18. The summed E-state index contributed by atoms with van der Waals surface area (Å²) in [5.74, 6) is 0.579. The molecule has 0 aliphatic rings. The van der Waals surface area contributed by atoms with Gasteiger partial charge in [-0.3, -0.25) is 9.48 Å². The molecular formula is C15H20N4O2. The van der Waals surface area contributed by atoms with Crippen LogP contribution in [0.25, 0.3) is 11.4 Å². The lowest BCUT2D eigenvalue weighted by Crippen LogP contribution is -2.29. The summed E-state index contributed by atoms with van der Waals surface area (Å²) < 4.78 is 1.64. The van der Waals surface area contributed by atoms with Gasteiger partial charge in [-0.1, -0.05) is 12.1 Å². The maximum Gasteiger partial charge on any atom is 0.253 e. The molecule has 1 heterocycles. The molecule has 1 atom stereocenters. The van der Waals surface area contributed by atoms with Crippen molar-refractivity contribution in [3.05, 3.63) is 36.2 Å². The Morgan fingerprint density at radius 2 is 2.05 bits per heavy atom. The van der Waals surface area contributed by atoms with Gasteiger partial charge in [0, 0.05) is 31.8 Å². The van der Waals surface area contributed by atoms with E-state index in [1.807, 2.05) is 19.2 Å². The lowest BCUT2D eigenvalue weighted by atomic mass is 10.1. The number of rotatable bonds is 5. The molecule has 0 saturated heterocycles. The number of nitrogens with zero attached hydrogens (tertiary/aromatic N) is 4. The Hall–Kier alpha value is -2.21. The van der Waals surface area contributed by atoms with Gasteiger partial charge < -0.3 is 10.0 Å². The summed E-state index contributed by atoms with van der Waals surface area (Å²) in [7, 11) is 3.55. The van der Waals surface area contributed by atoms with E-state index in [9.17, 15) is 9.90 Å². The fraction of sp³-hybridized carbons (Fsp3) is 0.400. The third-order valence-corrected chi connectivity index (χ3v) is 3.22. The molecule has 6 heteroatoms. The fourth-order valence-electron chi connectivity index (χ4n) is 1.94. The van der Waals surface area contributed by atoms with Gasteiger partial charge in [-0.05, 0) is 25.5 Å². The average molecular weight is 288 g/mol. The number of aryl methyl sites for hydroxylation is 1. The summed E-state index contributed by atoms with van der Waals surface area (Å²) >= 11 is 0. The van der Waals surface area contributed by atoms with E-state index < -0.39 is 6.10 Å². The molecule has 1 N–H and O–H groups in total. The lowest BCUT2D eigenvalue weighted by molar-refractivity contribution is 0.0769. The molecule has 0 spiro atoms. The SMILES string of the molecule is CC(O)CCN(C)C(=O)c1ccc(-c2ncn(C)n2)cc1. The summed E-state index contributed by atoms with van der Waals surface area (Å²) in [5.41, 5.74) is 1.49. The highest BCUT2D eigenvalue weighted by Crippen LogP contribution is 2.15. The van der Waals surface area contributed by atoms with E-state index in [0.717, 1.165) is 5.56 Å². The summed E-state index contributed by atoms with van der Waals surface area (Å²) in [5, 5.41) is 13.5. The smallest absolute Gasteiger partial charge is 0.253 e. The second-order valence-electron chi connectivity index (χ2n) is 5.18. The second-order valence-corrected chi connectivity index (χ2v) is 5.18. The maximum atomic E-state index is 12.2. The van der Waals surface area contributed by atoms with Gasteiger partial charge in [0.2, 0.25) is 0 Å². The second kappa shape index (κ2) is 6.49. The number of aliphatic hydroxyl groups is 1. The maximum absolute atomic E-state index is 12.2. The molecule has 21 heavy (non-hydrogen) atoms. The van der Waals surface area contributed by atoms with Crippen LogP contribution >= 0.6 is 0 Å². The van der Waals surface area contributed by atoms with E-state index in [1.54, 1.807) is 42.0 Å². The number of hydrogen-bond acceptors (Lipinski definition) is 4. The van der Waals surface area contributed by atoms with Crippen LogP contribution in [0.4, 0.5) is 0 Å². The van der Waals surface area contributed by atoms with Gasteiger partial charge in [-0.15, -0.1) is 0 Å². The predicted molar refractivity (Wildman–Crippen MR) is 79.7 cm³/mol. The third-order valence-electron chi connectivity index (χ3n) is 3.22. The van der Waals surface area contributed by atoms with E-state index in [2.05, 4.69) is 10.1 Å². The van der Waals surface area contributed by atoms with Crippen molar-refractivity contribution in [1.29, 1.82) is 0 Å². The molecule has 0 aliphatic carbocycles. The van der Waals surface area contributed by atoms with E-state index in [1.165, 1.54) is 0 Å². The average Bonchev–Trinajstić information content (AvgIpc) is 2.90. The molecule has 1 aromatic heterocycles. The summed E-state index contributed by atoms with van der Waals surface area (Å²) in [4.78, 5) is 18.0. The van der Waals surface area contributed by atoms with Crippen molar-refractivity contribution in [2.75, 3.05) is 13.6 Å². The number of benzene rings is 1. The molecule has 1 unspecified atom stereocenters. The highest BCUT2D eigenvalue weighted by Gasteiger charge is 2.13. The van der Waals surface area contributed by atoms with Crippen molar-refractivity contribution in [3.8, 4) is 11.4 Å². The molecule has 0 bridgehead atoms. The monoisotopic (exact) mass is 288 g/mol. The van der Waals surface area contributed by atoms with Crippen molar-refractivity contribution in [3.63, 3.8) is 0 Å². The van der Waals surface area contributed by atoms with Gasteiger partial charge in [0.1, 0.15) is 6.33 Å².